The summed E-state index contributed by atoms with van der Waals surface area (Å²) in [6.45, 7) is 12.0. The van der Waals surface area contributed by atoms with E-state index in [1.165, 1.54) is 0 Å². The van der Waals surface area contributed by atoms with Gasteiger partial charge >= 0.3 is 6.03 Å². The molecule has 0 saturated carbocycles. The maximum absolute atomic E-state index is 13.5. The standard InChI is InChI=1S/C23H32N4O4/c1-6-9-27-19-15-26(11-10-25(7-2)8-3)22(28)20(19)21(24-23(27)29)16-12-17(30-4)14-18(13-16)31-5/h6,12-14,21H,1,7-11,15H2,2-5H3,(H,24,29). The first kappa shape index (κ1) is 22.7. The number of hydrogen-bond donors (Lipinski definition) is 1. The van der Waals surface area contributed by atoms with E-state index in [1.807, 2.05) is 17.0 Å². The van der Waals surface area contributed by atoms with Crippen LogP contribution in [-0.4, -0.2) is 80.1 Å². The number of ether oxygens (including phenoxy) is 2. The van der Waals surface area contributed by atoms with Gasteiger partial charge in [-0.15, -0.1) is 6.58 Å². The van der Waals surface area contributed by atoms with Gasteiger partial charge in [0, 0.05) is 25.7 Å². The summed E-state index contributed by atoms with van der Waals surface area (Å²) in [6, 6.07) is 4.60. The predicted molar refractivity (Wildman–Crippen MR) is 119 cm³/mol. The van der Waals surface area contributed by atoms with Crippen molar-refractivity contribution in [1.29, 1.82) is 0 Å². The van der Waals surface area contributed by atoms with Crippen LogP contribution in [0.25, 0.3) is 0 Å². The van der Waals surface area contributed by atoms with Gasteiger partial charge in [-0.2, -0.15) is 0 Å². The minimum absolute atomic E-state index is 0.0528. The van der Waals surface area contributed by atoms with Crippen molar-refractivity contribution in [3.8, 4) is 11.5 Å². The first-order valence-corrected chi connectivity index (χ1v) is 10.6. The van der Waals surface area contributed by atoms with Crippen molar-refractivity contribution >= 4 is 11.9 Å². The molecule has 3 amide bonds. The summed E-state index contributed by atoms with van der Waals surface area (Å²) in [5, 5.41) is 2.99. The molecule has 0 saturated heterocycles. The average Bonchev–Trinajstić information content (AvgIpc) is 3.12. The highest BCUT2D eigenvalue weighted by molar-refractivity contribution is 6.01. The molecule has 0 aromatic heterocycles. The average molecular weight is 429 g/mol. The molecule has 1 unspecified atom stereocenters. The number of nitrogens with zero attached hydrogens (tertiary/aromatic N) is 3. The van der Waals surface area contributed by atoms with Crippen molar-refractivity contribution in [3.63, 3.8) is 0 Å². The maximum atomic E-state index is 13.5. The van der Waals surface area contributed by atoms with Gasteiger partial charge in [0.15, 0.2) is 0 Å². The molecule has 0 bridgehead atoms. The summed E-state index contributed by atoms with van der Waals surface area (Å²) >= 11 is 0. The SMILES string of the molecule is C=CCN1C(=O)NC(c2cc(OC)cc(OC)c2)C2=C1CN(CCN(CC)CC)C2=O. The number of rotatable bonds is 10. The molecule has 2 aliphatic rings. The third-order valence-corrected chi connectivity index (χ3v) is 5.90. The van der Waals surface area contributed by atoms with Crippen molar-refractivity contribution in [2.45, 2.75) is 19.9 Å². The van der Waals surface area contributed by atoms with Gasteiger partial charge in [0.05, 0.1) is 38.1 Å². The minimum atomic E-state index is -0.571. The van der Waals surface area contributed by atoms with Crippen molar-refractivity contribution in [3.05, 3.63) is 47.7 Å². The lowest BCUT2D eigenvalue weighted by Gasteiger charge is -2.33. The molecule has 168 valence electrons. The highest BCUT2D eigenvalue weighted by Crippen LogP contribution is 2.38. The van der Waals surface area contributed by atoms with E-state index in [9.17, 15) is 9.59 Å². The van der Waals surface area contributed by atoms with Gasteiger partial charge < -0.3 is 24.6 Å². The topological polar surface area (TPSA) is 74.4 Å². The number of benzene rings is 1. The van der Waals surface area contributed by atoms with Gasteiger partial charge in [-0.3, -0.25) is 9.69 Å². The van der Waals surface area contributed by atoms with Crippen LogP contribution in [0.5, 0.6) is 11.5 Å². The normalized spacial score (nSPS) is 18.4. The summed E-state index contributed by atoms with van der Waals surface area (Å²) in [7, 11) is 3.15. The zero-order valence-electron chi connectivity index (χ0n) is 18.8. The lowest BCUT2D eigenvalue weighted by atomic mass is 9.95. The number of hydrogen-bond acceptors (Lipinski definition) is 5. The van der Waals surface area contributed by atoms with Crippen LogP contribution in [0.3, 0.4) is 0 Å². The fraction of sp³-hybridized carbons (Fsp3) is 0.478. The van der Waals surface area contributed by atoms with Crippen LogP contribution in [0, 0.1) is 0 Å². The Labute approximate surface area is 184 Å². The number of methoxy groups -OCH3 is 2. The van der Waals surface area contributed by atoms with E-state index < -0.39 is 6.04 Å². The molecule has 1 N–H and O–H groups in total. The third kappa shape index (κ3) is 4.54. The molecule has 2 aliphatic heterocycles. The summed E-state index contributed by atoms with van der Waals surface area (Å²) in [5.74, 6) is 1.15. The highest BCUT2D eigenvalue weighted by Gasteiger charge is 2.43. The molecule has 2 heterocycles. The Hall–Kier alpha value is -3.00. The first-order valence-electron chi connectivity index (χ1n) is 10.6. The monoisotopic (exact) mass is 428 g/mol. The van der Waals surface area contributed by atoms with Crippen LogP contribution in [0.1, 0.15) is 25.5 Å². The molecule has 0 radical (unpaired) electrons. The summed E-state index contributed by atoms with van der Waals surface area (Å²) in [5.41, 5.74) is 2.07. The fourth-order valence-corrected chi connectivity index (χ4v) is 4.10. The fourth-order valence-electron chi connectivity index (χ4n) is 4.10. The van der Waals surface area contributed by atoms with Gasteiger partial charge in [0.2, 0.25) is 0 Å². The molecule has 1 aromatic rings. The number of carbonyl (C=O) groups excluding carboxylic acids is 2. The summed E-state index contributed by atoms with van der Waals surface area (Å²) in [6.07, 6.45) is 1.67. The van der Waals surface area contributed by atoms with E-state index in [1.54, 1.807) is 31.3 Å². The van der Waals surface area contributed by atoms with E-state index in [0.29, 0.717) is 36.7 Å². The largest absolute Gasteiger partial charge is 0.497 e. The molecule has 1 aromatic carbocycles. The van der Waals surface area contributed by atoms with Crippen LogP contribution < -0.4 is 14.8 Å². The summed E-state index contributed by atoms with van der Waals surface area (Å²) in [4.78, 5) is 32.1. The van der Waals surface area contributed by atoms with E-state index >= 15 is 0 Å². The lowest BCUT2D eigenvalue weighted by molar-refractivity contribution is -0.126. The Morgan fingerprint density at radius 2 is 1.81 bits per heavy atom. The molecule has 31 heavy (non-hydrogen) atoms. The molecule has 0 spiro atoms. The number of carbonyl (C=O) groups is 2. The van der Waals surface area contributed by atoms with E-state index in [2.05, 4.69) is 30.6 Å². The van der Waals surface area contributed by atoms with Gasteiger partial charge in [-0.1, -0.05) is 19.9 Å². The second kappa shape index (κ2) is 9.87. The summed E-state index contributed by atoms with van der Waals surface area (Å²) < 4.78 is 10.8. The molecule has 3 rings (SSSR count). The molecule has 8 heteroatoms. The van der Waals surface area contributed by atoms with Crippen LogP contribution in [-0.2, 0) is 4.79 Å². The van der Waals surface area contributed by atoms with Gasteiger partial charge in [-0.25, -0.2) is 4.79 Å². The second-order valence-corrected chi connectivity index (χ2v) is 7.54. The van der Waals surface area contributed by atoms with Crippen molar-refractivity contribution in [2.24, 2.45) is 0 Å². The Morgan fingerprint density at radius 1 is 1.16 bits per heavy atom. The highest BCUT2D eigenvalue weighted by atomic mass is 16.5. The van der Waals surface area contributed by atoms with Gasteiger partial charge in [0.1, 0.15) is 11.5 Å². The van der Waals surface area contributed by atoms with E-state index in [0.717, 1.165) is 30.9 Å². The van der Waals surface area contributed by atoms with Crippen LogP contribution in [0.4, 0.5) is 4.79 Å². The van der Waals surface area contributed by atoms with Crippen LogP contribution in [0.2, 0.25) is 0 Å². The van der Waals surface area contributed by atoms with Gasteiger partial charge in [-0.05, 0) is 30.8 Å². The second-order valence-electron chi connectivity index (χ2n) is 7.54. The van der Waals surface area contributed by atoms with E-state index in [-0.39, 0.29) is 11.9 Å². The lowest BCUT2D eigenvalue weighted by Crippen LogP contribution is -2.47. The molecule has 0 fully saturated rings. The smallest absolute Gasteiger partial charge is 0.322 e. The Balaban J connectivity index is 1.98. The number of likely N-dealkylation sites (N-methyl/N-ethyl adjacent to an activating group) is 1. The van der Waals surface area contributed by atoms with Gasteiger partial charge in [0.25, 0.3) is 5.91 Å². The van der Waals surface area contributed by atoms with Crippen LogP contribution >= 0.6 is 0 Å². The van der Waals surface area contributed by atoms with Crippen molar-refractivity contribution in [2.75, 3.05) is 53.5 Å². The number of urea groups is 1. The molecule has 0 aliphatic carbocycles. The zero-order chi connectivity index (χ0) is 22.5. The van der Waals surface area contributed by atoms with Crippen LogP contribution in [0.15, 0.2) is 42.1 Å². The first-order chi connectivity index (χ1) is 15.0. The van der Waals surface area contributed by atoms with Crippen molar-refractivity contribution in [1.82, 2.24) is 20.0 Å². The Bertz CT molecular complexity index is 856. The number of amides is 3. The quantitative estimate of drug-likeness (QED) is 0.580. The predicted octanol–water partition coefficient (Wildman–Crippen LogP) is 2.39. The Kier molecular flexibility index (Phi) is 7.22. The molecule has 1 atom stereocenters. The maximum Gasteiger partial charge on any atom is 0.322 e. The number of nitrogens with one attached hydrogen (secondary N) is 1. The van der Waals surface area contributed by atoms with E-state index in [4.69, 9.17) is 9.47 Å². The Morgan fingerprint density at radius 3 is 2.35 bits per heavy atom. The third-order valence-electron chi connectivity index (χ3n) is 5.90. The zero-order valence-corrected chi connectivity index (χ0v) is 18.8. The minimum Gasteiger partial charge on any atom is -0.497 e. The molecule has 8 nitrogen and oxygen atoms in total. The van der Waals surface area contributed by atoms with Crippen molar-refractivity contribution < 1.29 is 19.1 Å². The molecular weight excluding hydrogens is 396 g/mol. The molecular formula is C23H32N4O4.